The van der Waals surface area contributed by atoms with Crippen LogP contribution in [0.4, 0.5) is 0 Å². The van der Waals surface area contributed by atoms with Crippen molar-refractivity contribution < 1.29 is 19.4 Å². The first kappa shape index (κ1) is 28.6. The molecule has 1 atom stereocenters. The van der Waals surface area contributed by atoms with Gasteiger partial charge in [-0.05, 0) is 64.0 Å². The normalized spacial score (nSPS) is 15.1. The van der Waals surface area contributed by atoms with Gasteiger partial charge < -0.3 is 14.7 Å². The smallest absolute Gasteiger partial charge is 0.306 e. The minimum atomic E-state index is -0.783. The quantitative estimate of drug-likeness (QED) is 0.443. The summed E-state index contributed by atoms with van der Waals surface area (Å²) in [6, 6.07) is 8.61. The van der Waals surface area contributed by atoms with E-state index in [0.717, 1.165) is 23.1 Å². The van der Waals surface area contributed by atoms with E-state index in [-0.39, 0.29) is 5.60 Å². The third-order valence-corrected chi connectivity index (χ3v) is 6.50. The van der Waals surface area contributed by atoms with E-state index < -0.39 is 11.9 Å². The van der Waals surface area contributed by atoms with Gasteiger partial charge in [0.05, 0.1) is 23.8 Å². The molecule has 1 aliphatic rings. The Hall–Kier alpha value is -2.67. The van der Waals surface area contributed by atoms with Gasteiger partial charge in [0.2, 0.25) is 6.41 Å². The van der Waals surface area contributed by atoms with Gasteiger partial charge in [-0.3, -0.25) is 14.3 Å². The molecule has 1 amide bonds. The predicted molar refractivity (Wildman–Crippen MR) is 139 cm³/mol. The van der Waals surface area contributed by atoms with Gasteiger partial charge in [0.1, 0.15) is 0 Å². The van der Waals surface area contributed by atoms with E-state index in [2.05, 4.69) is 28.1 Å². The largest absolute Gasteiger partial charge is 0.481 e. The molecule has 1 fully saturated rings. The number of methoxy groups -OCH3 is 1. The lowest BCUT2D eigenvalue weighted by Crippen LogP contribution is -2.21. The Labute approximate surface area is 210 Å². The number of carboxylic acids is 1. The zero-order valence-electron chi connectivity index (χ0n) is 22.1. The Morgan fingerprint density at radius 3 is 2.54 bits per heavy atom. The van der Waals surface area contributed by atoms with Gasteiger partial charge in [-0.15, -0.1) is 0 Å². The first-order chi connectivity index (χ1) is 16.6. The summed E-state index contributed by atoms with van der Waals surface area (Å²) in [5.41, 5.74) is 3.22. The van der Waals surface area contributed by atoms with E-state index in [1.807, 2.05) is 39.1 Å². The highest BCUT2D eigenvalue weighted by Crippen LogP contribution is 2.30. The highest BCUT2D eigenvalue weighted by atomic mass is 16.5. The Morgan fingerprint density at radius 2 is 1.94 bits per heavy atom. The highest BCUT2D eigenvalue weighted by molar-refractivity contribution is 5.70. The summed E-state index contributed by atoms with van der Waals surface area (Å²) >= 11 is 0. The van der Waals surface area contributed by atoms with Crippen molar-refractivity contribution in [2.75, 3.05) is 20.7 Å². The SMILES string of the molecule is CN(C=O)CCCC(Cc1cccc(-c2cnn(C3CCCCC3)c2)c1)C(=O)O.COC(C)(C)C. The predicted octanol–water partition coefficient (Wildman–Crippen LogP) is 5.60. The Balaban J connectivity index is 0.000000641. The van der Waals surface area contributed by atoms with Crippen molar-refractivity contribution >= 4 is 12.4 Å². The molecule has 7 heteroatoms. The standard InChI is InChI=1S/C23H31N3O3.C5H12O/c1-25(17-27)12-6-9-20(23(28)29)14-18-7-5-8-19(13-18)21-15-24-26(16-21)22-10-3-2-4-11-22;1-5(2,3)6-4/h5,7-8,13,15-17,20,22H,2-4,6,9-12,14H2,1H3,(H,28,29);1-4H3. The molecule has 0 saturated heterocycles. The number of ether oxygens (including phenoxy) is 1. The summed E-state index contributed by atoms with van der Waals surface area (Å²) in [5.74, 6) is -1.23. The second kappa shape index (κ2) is 14.0. The lowest BCUT2D eigenvalue weighted by atomic mass is 9.93. The second-order valence-corrected chi connectivity index (χ2v) is 10.5. The Kier molecular flexibility index (Phi) is 11.4. The maximum absolute atomic E-state index is 11.7. The zero-order chi connectivity index (χ0) is 25.8. The van der Waals surface area contributed by atoms with Crippen LogP contribution in [-0.2, 0) is 20.7 Å². The first-order valence-corrected chi connectivity index (χ1v) is 12.7. The molecule has 7 nitrogen and oxygen atoms in total. The van der Waals surface area contributed by atoms with Crippen LogP contribution < -0.4 is 0 Å². The van der Waals surface area contributed by atoms with Gasteiger partial charge in [0.15, 0.2) is 0 Å². The topological polar surface area (TPSA) is 84.7 Å². The maximum Gasteiger partial charge on any atom is 0.306 e. The maximum atomic E-state index is 11.7. The number of rotatable bonds is 10. The molecule has 0 spiro atoms. The van der Waals surface area contributed by atoms with Gasteiger partial charge >= 0.3 is 5.97 Å². The number of carbonyl (C=O) groups excluding carboxylic acids is 1. The minimum Gasteiger partial charge on any atom is -0.481 e. The number of nitrogens with zero attached hydrogens (tertiary/aromatic N) is 3. The van der Waals surface area contributed by atoms with Gasteiger partial charge in [-0.25, -0.2) is 0 Å². The summed E-state index contributed by atoms with van der Waals surface area (Å²) < 4.78 is 7.04. The molecule has 1 N–H and O–H groups in total. The molecule has 194 valence electrons. The molecule has 1 unspecified atom stereocenters. The van der Waals surface area contributed by atoms with E-state index in [4.69, 9.17) is 4.74 Å². The molecule has 2 aromatic rings. The fourth-order valence-corrected chi connectivity index (χ4v) is 4.15. The molecule has 0 radical (unpaired) electrons. The molecule has 1 aromatic carbocycles. The Morgan fingerprint density at radius 1 is 1.26 bits per heavy atom. The number of hydrogen-bond acceptors (Lipinski definition) is 4. The van der Waals surface area contributed by atoms with Crippen molar-refractivity contribution in [3.63, 3.8) is 0 Å². The van der Waals surface area contributed by atoms with Crippen molar-refractivity contribution in [3.05, 3.63) is 42.2 Å². The van der Waals surface area contributed by atoms with Crippen LogP contribution >= 0.6 is 0 Å². The van der Waals surface area contributed by atoms with Crippen LogP contribution in [0, 0.1) is 5.92 Å². The highest BCUT2D eigenvalue weighted by Gasteiger charge is 2.19. The fourth-order valence-electron chi connectivity index (χ4n) is 4.15. The van der Waals surface area contributed by atoms with Crippen LogP contribution in [0.15, 0.2) is 36.7 Å². The number of carboxylic acid groups (broad SMARTS) is 1. The van der Waals surface area contributed by atoms with Crippen molar-refractivity contribution in [1.82, 2.24) is 14.7 Å². The number of amides is 1. The van der Waals surface area contributed by atoms with E-state index in [0.29, 0.717) is 31.8 Å². The summed E-state index contributed by atoms with van der Waals surface area (Å²) in [7, 11) is 3.42. The molecule has 1 heterocycles. The minimum absolute atomic E-state index is 0.0417. The number of benzene rings is 1. The molecule has 1 aliphatic carbocycles. The second-order valence-electron chi connectivity index (χ2n) is 10.5. The Bertz CT molecular complexity index is 913. The van der Waals surface area contributed by atoms with E-state index in [9.17, 15) is 14.7 Å². The summed E-state index contributed by atoms with van der Waals surface area (Å²) in [6.07, 6.45) is 12.8. The van der Waals surface area contributed by atoms with Crippen LogP contribution in [0.5, 0.6) is 0 Å². The lowest BCUT2D eigenvalue weighted by Gasteiger charge is -2.21. The van der Waals surface area contributed by atoms with Crippen LogP contribution in [0.25, 0.3) is 11.1 Å². The van der Waals surface area contributed by atoms with Gasteiger partial charge in [-0.1, -0.05) is 43.5 Å². The molecule has 1 saturated carbocycles. The van der Waals surface area contributed by atoms with Gasteiger partial charge in [0.25, 0.3) is 0 Å². The third kappa shape index (κ3) is 10.2. The van der Waals surface area contributed by atoms with Crippen molar-refractivity contribution in [2.24, 2.45) is 5.92 Å². The van der Waals surface area contributed by atoms with Crippen molar-refractivity contribution in [3.8, 4) is 11.1 Å². The molecule has 35 heavy (non-hydrogen) atoms. The number of aromatic nitrogens is 2. The first-order valence-electron chi connectivity index (χ1n) is 12.7. The average molecular weight is 486 g/mol. The average Bonchev–Trinajstić information content (AvgIpc) is 3.34. The monoisotopic (exact) mass is 485 g/mol. The van der Waals surface area contributed by atoms with Crippen LogP contribution in [0.2, 0.25) is 0 Å². The van der Waals surface area contributed by atoms with Crippen molar-refractivity contribution in [2.45, 2.75) is 83.8 Å². The molecule has 3 rings (SSSR count). The third-order valence-electron chi connectivity index (χ3n) is 6.50. The van der Waals surface area contributed by atoms with Gasteiger partial charge in [0, 0.05) is 32.5 Å². The molecule has 0 aliphatic heterocycles. The van der Waals surface area contributed by atoms with E-state index >= 15 is 0 Å². The van der Waals surface area contributed by atoms with E-state index in [1.165, 1.54) is 32.1 Å². The number of hydrogen-bond donors (Lipinski definition) is 1. The molecular formula is C28H43N3O4. The van der Waals surface area contributed by atoms with Crippen LogP contribution in [0.3, 0.4) is 0 Å². The summed E-state index contributed by atoms with van der Waals surface area (Å²) in [4.78, 5) is 23.9. The lowest BCUT2D eigenvalue weighted by molar-refractivity contribution is -0.142. The zero-order valence-corrected chi connectivity index (χ0v) is 22.1. The molecular weight excluding hydrogens is 442 g/mol. The number of aliphatic carboxylic acids is 1. The number of carbonyl (C=O) groups is 2. The van der Waals surface area contributed by atoms with Crippen molar-refractivity contribution in [1.29, 1.82) is 0 Å². The molecule has 1 aromatic heterocycles. The summed E-state index contributed by atoms with van der Waals surface area (Å²) in [6.45, 7) is 6.64. The van der Waals surface area contributed by atoms with Crippen LogP contribution in [0.1, 0.15) is 77.3 Å². The van der Waals surface area contributed by atoms with Crippen LogP contribution in [-0.4, -0.2) is 58.5 Å². The van der Waals surface area contributed by atoms with E-state index in [1.54, 1.807) is 19.1 Å². The van der Waals surface area contributed by atoms with Gasteiger partial charge in [-0.2, -0.15) is 5.10 Å². The summed E-state index contributed by atoms with van der Waals surface area (Å²) in [5, 5.41) is 14.2. The molecule has 0 bridgehead atoms. The fraction of sp³-hybridized carbons (Fsp3) is 0.607.